The van der Waals surface area contributed by atoms with Crippen LogP contribution >= 0.6 is 0 Å². The number of ether oxygens (including phenoxy) is 3. The molecule has 32 heavy (non-hydrogen) atoms. The summed E-state index contributed by atoms with van der Waals surface area (Å²) < 4.78 is 44.1. The van der Waals surface area contributed by atoms with Crippen molar-refractivity contribution in [3.05, 3.63) is 48.0 Å². The van der Waals surface area contributed by atoms with Gasteiger partial charge in [-0.25, -0.2) is 13.1 Å². The molecule has 1 heterocycles. The first-order valence-corrected chi connectivity index (χ1v) is 12.1. The summed E-state index contributed by atoms with van der Waals surface area (Å²) >= 11 is 0. The predicted molar refractivity (Wildman–Crippen MR) is 121 cm³/mol. The Hall–Kier alpha value is -2.78. The van der Waals surface area contributed by atoms with E-state index in [9.17, 15) is 13.2 Å². The lowest BCUT2D eigenvalue weighted by molar-refractivity contribution is 0.0693. The highest BCUT2D eigenvalue weighted by molar-refractivity contribution is 7.89. The fourth-order valence-electron chi connectivity index (χ4n) is 3.52. The molecule has 1 amide bonds. The molecular formula is C23H30N2O6S. The number of sulfonamides is 1. The Labute approximate surface area is 189 Å². The van der Waals surface area contributed by atoms with E-state index in [2.05, 4.69) is 11.6 Å². The molecule has 0 spiro atoms. The smallest absolute Gasteiger partial charge is 0.257 e. The first-order chi connectivity index (χ1) is 15.3. The lowest BCUT2D eigenvalue weighted by Gasteiger charge is -2.30. The number of nitrogens with one attached hydrogen (secondary N) is 1. The zero-order valence-electron chi connectivity index (χ0n) is 18.7. The molecule has 1 fully saturated rings. The molecule has 1 aliphatic rings. The maximum atomic E-state index is 13.0. The second-order valence-electron chi connectivity index (χ2n) is 7.76. The number of carbonyl (C=O) groups is 1. The van der Waals surface area contributed by atoms with Gasteiger partial charge in [-0.05, 0) is 49.1 Å². The third-order valence-corrected chi connectivity index (χ3v) is 6.95. The van der Waals surface area contributed by atoms with Gasteiger partial charge in [-0.3, -0.25) is 4.79 Å². The Balaban J connectivity index is 1.66. The van der Waals surface area contributed by atoms with E-state index >= 15 is 0 Å². The standard InChI is InChI=1S/C23H30N2O6S/c1-17-9-12-25(13-10-17)23(26)21-16-20(7-8-22(21)30-3)32(27,28)24-11-14-31-19-6-4-5-18(15-19)29-2/h4-8,15-17,24H,9-14H2,1-3H3. The van der Waals surface area contributed by atoms with Gasteiger partial charge in [0, 0.05) is 25.7 Å². The summed E-state index contributed by atoms with van der Waals surface area (Å²) in [6.07, 6.45) is 1.86. The van der Waals surface area contributed by atoms with Gasteiger partial charge in [0.2, 0.25) is 10.0 Å². The van der Waals surface area contributed by atoms with Crippen LogP contribution in [0.5, 0.6) is 17.2 Å². The van der Waals surface area contributed by atoms with E-state index in [-0.39, 0.29) is 29.5 Å². The summed E-state index contributed by atoms with van der Waals surface area (Å²) in [5.74, 6) is 1.95. The van der Waals surface area contributed by atoms with Gasteiger partial charge in [0.25, 0.3) is 5.91 Å². The van der Waals surface area contributed by atoms with Crippen molar-refractivity contribution < 1.29 is 27.4 Å². The second kappa shape index (κ2) is 10.7. The van der Waals surface area contributed by atoms with Gasteiger partial charge in [0.1, 0.15) is 23.9 Å². The monoisotopic (exact) mass is 462 g/mol. The highest BCUT2D eigenvalue weighted by Crippen LogP contribution is 2.26. The third kappa shape index (κ3) is 5.92. The van der Waals surface area contributed by atoms with E-state index in [1.54, 1.807) is 36.3 Å². The molecule has 0 saturated carbocycles. The van der Waals surface area contributed by atoms with Crippen molar-refractivity contribution >= 4 is 15.9 Å². The minimum atomic E-state index is -3.83. The van der Waals surface area contributed by atoms with Crippen LogP contribution in [-0.2, 0) is 10.0 Å². The molecule has 1 N–H and O–H groups in total. The number of nitrogens with zero attached hydrogens (tertiary/aromatic N) is 1. The van der Waals surface area contributed by atoms with Gasteiger partial charge >= 0.3 is 0 Å². The van der Waals surface area contributed by atoms with E-state index in [1.807, 2.05) is 0 Å². The Kier molecular flexibility index (Phi) is 7.98. The number of rotatable bonds is 9. The molecule has 174 valence electrons. The number of methoxy groups -OCH3 is 2. The van der Waals surface area contributed by atoms with Crippen molar-refractivity contribution in [2.45, 2.75) is 24.7 Å². The molecule has 1 aliphatic heterocycles. The summed E-state index contributed by atoms with van der Waals surface area (Å²) in [5.41, 5.74) is 0.248. The minimum Gasteiger partial charge on any atom is -0.497 e. The first kappa shape index (κ1) is 23.9. The highest BCUT2D eigenvalue weighted by atomic mass is 32.2. The zero-order chi connectivity index (χ0) is 23.1. The van der Waals surface area contributed by atoms with E-state index in [0.29, 0.717) is 36.3 Å². The summed E-state index contributed by atoms with van der Waals surface area (Å²) in [7, 11) is -0.802. The molecule has 9 heteroatoms. The van der Waals surface area contributed by atoms with Crippen LogP contribution in [0, 0.1) is 5.92 Å². The molecule has 0 unspecified atom stereocenters. The van der Waals surface area contributed by atoms with E-state index in [0.717, 1.165) is 12.8 Å². The van der Waals surface area contributed by atoms with E-state index in [4.69, 9.17) is 14.2 Å². The second-order valence-corrected chi connectivity index (χ2v) is 9.53. The van der Waals surface area contributed by atoms with Crippen LogP contribution in [0.15, 0.2) is 47.4 Å². The maximum Gasteiger partial charge on any atom is 0.257 e. The molecule has 2 aromatic rings. The van der Waals surface area contributed by atoms with Crippen LogP contribution in [0.25, 0.3) is 0 Å². The number of benzene rings is 2. The molecule has 0 aliphatic carbocycles. The number of carbonyl (C=O) groups excluding carboxylic acids is 1. The SMILES string of the molecule is COc1cccc(OCCNS(=O)(=O)c2ccc(OC)c(C(=O)N3CCC(C)CC3)c2)c1. The normalized spacial score (nSPS) is 14.8. The molecule has 3 rings (SSSR count). The van der Waals surface area contributed by atoms with Crippen molar-refractivity contribution in [2.24, 2.45) is 5.92 Å². The molecule has 1 saturated heterocycles. The largest absolute Gasteiger partial charge is 0.497 e. The number of hydrogen-bond acceptors (Lipinski definition) is 6. The maximum absolute atomic E-state index is 13.0. The van der Waals surface area contributed by atoms with Gasteiger partial charge < -0.3 is 19.1 Å². The highest BCUT2D eigenvalue weighted by Gasteiger charge is 2.26. The molecule has 2 aromatic carbocycles. The predicted octanol–water partition coefficient (Wildman–Crippen LogP) is 2.93. The summed E-state index contributed by atoms with van der Waals surface area (Å²) in [5, 5.41) is 0. The van der Waals surface area contributed by atoms with Crippen LogP contribution in [0.2, 0.25) is 0 Å². The molecule has 0 aromatic heterocycles. The van der Waals surface area contributed by atoms with Crippen molar-refractivity contribution in [2.75, 3.05) is 40.5 Å². The van der Waals surface area contributed by atoms with Gasteiger partial charge in [-0.2, -0.15) is 0 Å². The van der Waals surface area contributed by atoms with Gasteiger partial charge in [-0.1, -0.05) is 13.0 Å². The first-order valence-electron chi connectivity index (χ1n) is 10.6. The van der Waals surface area contributed by atoms with Crippen LogP contribution < -0.4 is 18.9 Å². The van der Waals surface area contributed by atoms with Crippen molar-refractivity contribution in [3.8, 4) is 17.2 Å². The molecular weight excluding hydrogens is 432 g/mol. The fraction of sp³-hybridized carbons (Fsp3) is 0.435. The molecule has 0 radical (unpaired) electrons. The number of amides is 1. The lowest BCUT2D eigenvalue weighted by Crippen LogP contribution is -2.38. The van der Waals surface area contributed by atoms with Crippen LogP contribution in [0.4, 0.5) is 0 Å². The lowest BCUT2D eigenvalue weighted by atomic mass is 9.98. The minimum absolute atomic E-state index is 0.00779. The number of likely N-dealkylation sites (tertiary alicyclic amines) is 1. The van der Waals surface area contributed by atoms with E-state index < -0.39 is 10.0 Å². The van der Waals surface area contributed by atoms with Gasteiger partial charge in [-0.15, -0.1) is 0 Å². The Morgan fingerprint density at radius 3 is 2.47 bits per heavy atom. The average molecular weight is 463 g/mol. The van der Waals surface area contributed by atoms with Gasteiger partial charge in [0.05, 0.1) is 24.7 Å². The van der Waals surface area contributed by atoms with Gasteiger partial charge in [0.15, 0.2) is 0 Å². The van der Waals surface area contributed by atoms with Crippen LogP contribution in [0.3, 0.4) is 0 Å². The van der Waals surface area contributed by atoms with Crippen molar-refractivity contribution in [1.29, 1.82) is 0 Å². The molecule has 0 atom stereocenters. The Morgan fingerprint density at radius 2 is 1.78 bits per heavy atom. The fourth-order valence-corrected chi connectivity index (χ4v) is 4.56. The number of hydrogen-bond donors (Lipinski definition) is 1. The van der Waals surface area contributed by atoms with Crippen molar-refractivity contribution in [3.63, 3.8) is 0 Å². The summed E-state index contributed by atoms with van der Waals surface area (Å²) in [6.45, 7) is 3.68. The molecule has 0 bridgehead atoms. The van der Waals surface area contributed by atoms with E-state index in [1.165, 1.54) is 25.3 Å². The quantitative estimate of drug-likeness (QED) is 0.576. The third-order valence-electron chi connectivity index (χ3n) is 5.49. The molecule has 8 nitrogen and oxygen atoms in total. The summed E-state index contributed by atoms with van der Waals surface area (Å²) in [4.78, 5) is 14.8. The average Bonchev–Trinajstić information content (AvgIpc) is 2.81. The Bertz CT molecular complexity index is 1030. The van der Waals surface area contributed by atoms with Crippen LogP contribution in [-0.4, -0.2) is 59.7 Å². The number of piperidine rings is 1. The Morgan fingerprint density at radius 1 is 1.06 bits per heavy atom. The zero-order valence-corrected chi connectivity index (χ0v) is 19.5. The van der Waals surface area contributed by atoms with Crippen LogP contribution in [0.1, 0.15) is 30.1 Å². The topological polar surface area (TPSA) is 94.2 Å². The summed E-state index contributed by atoms with van der Waals surface area (Å²) in [6, 6.07) is 11.4. The van der Waals surface area contributed by atoms with Crippen molar-refractivity contribution in [1.82, 2.24) is 9.62 Å².